The van der Waals surface area contributed by atoms with Gasteiger partial charge in [-0.25, -0.2) is 0 Å². The molecule has 4 rings (SSSR count). The van der Waals surface area contributed by atoms with E-state index in [1.807, 2.05) is 0 Å². The van der Waals surface area contributed by atoms with Crippen molar-refractivity contribution in [3.8, 4) is 0 Å². The molecule has 29 heavy (non-hydrogen) atoms. The van der Waals surface area contributed by atoms with Gasteiger partial charge in [0.05, 0.1) is 6.10 Å². The molecule has 1 nitrogen and oxygen atoms in total. The van der Waals surface area contributed by atoms with Crippen molar-refractivity contribution in [2.75, 3.05) is 0 Å². The second-order valence-electron chi connectivity index (χ2n) is 12.7. The van der Waals surface area contributed by atoms with Crippen molar-refractivity contribution in [2.24, 2.45) is 52.3 Å². The maximum atomic E-state index is 10.3. The van der Waals surface area contributed by atoms with Crippen LogP contribution in [0.5, 0.6) is 0 Å². The van der Waals surface area contributed by atoms with Gasteiger partial charge in [0.15, 0.2) is 0 Å². The summed E-state index contributed by atoms with van der Waals surface area (Å²) >= 11 is 0. The first kappa shape index (κ1) is 22.2. The van der Waals surface area contributed by atoms with Gasteiger partial charge in [0.2, 0.25) is 0 Å². The molecule has 0 aromatic rings. The lowest BCUT2D eigenvalue weighted by atomic mass is 9.43. The van der Waals surface area contributed by atoms with E-state index in [1.165, 1.54) is 70.6 Å². The van der Waals surface area contributed by atoms with Crippen LogP contribution in [0.2, 0.25) is 0 Å². The Labute approximate surface area is 181 Å². The van der Waals surface area contributed by atoms with Crippen LogP contribution in [0.15, 0.2) is 0 Å². The Morgan fingerprint density at radius 3 is 2.41 bits per heavy atom. The maximum Gasteiger partial charge on any atom is 0.0543 e. The van der Waals surface area contributed by atoms with Crippen LogP contribution in [-0.4, -0.2) is 11.2 Å². The Hall–Kier alpha value is -0.0400. The Morgan fingerprint density at radius 2 is 1.69 bits per heavy atom. The van der Waals surface area contributed by atoms with Crippen LogP contribution in [0, 0.1) is 52.3 Å². The topological polar surface area (TPSA) is 20.2 Å². The number of aliphatic hydroxyl groups excluding tert-OH is 1. The van der Waals surface area contributed by atoms with Crippen molar-refractivity contribution in [1.29, 1.82) is 0 Å². The highest BCUT2D eigenvalue weighted by Gasteiger charge is 2.61. The third-order valence-electron chi connectivity index (χ3n) is 11.2. The van der Waals surface area contributed by atoms with Gasteiger partial charge in [0, 0.05) is 0 Å². The van der Waals surface area contributed by atoms with Gasteiger partial charge in [-0.3, -0.25) is 0 Å². The van der Waals surface area contributed by atoms with Gasteiger partial charge in [-0.1, -0.05) is 53.9 Å². The third-order valence-corrected chi connectivity index (χ3v) is 11.2. The van der Waals surface area contributed by atoms with E-state index in [0.29, 0.717) is 10.8 Å². The molecule has 0 aromatic heterocycles. The van der Waals surface area contributed by atoms with Gasteiger partial charge < -0.3 is 5.11 Å². The van der Waals surface area contributed by atoms with Crippen molar-refractivity contribution in [2.45, 2.75) is 124 Å². The van der Waals surface area contributed by atoms with E-state index in [1.54, 1.807) is 0 Å². The van der Waals surface area contributed by atoms with Crippen molar-refractivity contribution in [1.82, 2.24) is 0 Å². The van der Waals surface area contributed by atoms with E-state index in [-0.39, 0.29) is 6.10 Å². The molecule has 168 valence electrons. The van der Waals surface area contributed by atoms with Gasteiger partial charge in [-0.15, -0.1) is 0 Å². The highest BCUT2D eigenvalue weighted by Crippen LogP contribution is 2.69. The maximum absolute atomic E-state index is 10.3. The lowest BCUT2D eigenvalue weighted by molar-refractivity contribution is -0.134. The van der Waals surface area contributed by atoms with Gasteiger partial charge in [0.25, 0.3) is 0 Å². The van der Waals surface area contributed by atoms with E-state index in [0.717, 1.165) is 54.3 Å². The molecular weight excluding hydrogens is 352 g/mol. The number of fused-ring (bicyclic) bond motifs is 5. The van der Waals surface area contributed by atoms with E-state index < -0.39 is 0 Å². The summed E-state index contributed by atoms with van der Waals surface area (Å²) < 4.78 is 0. The standard InChI is InChI=1S/C28H50O/c1-6-28-17-15-25-23(11-10-21-18-22(29)14-16-27(21,25)5)26(28)13-12-24(28)20(4)9-7-8-19(2)3/h19-26,29H,6-18H2,1-5H3/t20-,21?,22?,23?,24?,25?,26?,27?,28?/m1/s1. The Kier molecular flexibility index (Phi) is 6.48. The van der Waals surface area contributed by atoms with Gasteiger partial charge in [-0.05, 0) is 116 Å². The minimum atomic E-state index is -0.00880. The number of hydrogen-bond acceptors (Lipinski definition) is 1. The largest absolute Gasteiger partial charge is 0.393 e. The lowest BCUT2D eigenvalue weighted by Crippen LogP contribution is -2.54. The van der Waals surface area contributed by atoms with Crippen LogP contribution in [0.1, 0.15) is 118 Å². The van der Waals surface area contributed by atoms with Gasteiger partial charge in [0.1, 0.15) is 0 Å². The SMILES string of the molecule is CCC12CCC3C(CCC4CC(O)CCC43C)C1CCC2[C@H](C)CCCC(C)C. The van der Waals surface area contributed by atoms with Crippen molar-refractivity contribution in [3.63, 3.8) is 0 Å². The molecule has 0 amide bonds. The summed E-state index contributed by atoms with van der Waals surface area (Å²) in [6, 6.07) is 0. The first-order chi connectivity index (χ1) is 13.8. The molecule has 0 saturated heterocycles. The van der Waals surface area contributed by atoms with Crippen molar-refractivity contribution < 1.29 is 5.11 Å². The summed E-state index contributed by atoms with van der Waals surface area (Å²) in [5.74, 6) is 6.53. The highest BCUT2D eigenvalue weighted by molar-refractivity contribution is 5.10. The third kappa shape index (κ3) is 3.74. The Bertz CT molecular complexity index is 555. The molecule has 8 unspecified atom stereocenters. The van der Waals surface area contributed by atoms with Crippen LogP contribution in [-0.2, 0) is 0 Å². The normalized spacial score (nSPS) is 48.1. The minimum absolute atomic E-state index is 0.00880. The summed E-state index contributed by atoms with van der Waals surface area (Å²) in [6.07, 6.45) is 18.1. The molecule has 1 N–H and O–H groups in total. The van der Waals surface area contributed by atoms with E-state index in [4.69, 9.17) is 0 Å². The molecule has 0 radical (unpaired) electrons. The van der Waals surface area contributed by atoms with Gasteiger partial charge >= 0.3 is 0 Å². The molecule has 4 aliphatic carbocycles. The van der Waals surface area contributed by atoms with Crippen LogP contribution >= 0.6 is 0 Å². The van der Waals surface area contributed by atoms with E-state index in [9.17, 15) is 5.11 Å². The zero-order valence-electron chi connectivity index (χ0n) is 20.3. The minimum Gasteiger partial charge on any atom is -0.393 e. The molecule has 0 heterocycles. The molecule has 4 aliphatic rings. The zero-order chi connectivity index (χ0) is 20.8. The first-order valence-corrected chi connectivity index (χ1v) is 13.5. The van der Waals surface area contributed by atoms with E-state index in [2.05, 4.69) is 34.6 Å². The fourth-order valence-electron chi connectivity index (χ4n) is 9.69. The predicted octanol–water partition coefficient (Wildman–Crippen LogP) is 7.86. The highest BCUT2D eigenvalue weighted by atomic mass is 16.3. The molecular formula is C28H50O. The molecule has 0 aliphatic heterocycles. The van der Waals surface area contributed by atoms with Crippen molar-refractivity contribution >= 4 is 0 Å². The van der Waals surface area contributed by atoms with Crippen LogP contribution < -0.4 is 0 Å². The Balaban J connectivity index is 1.50. The Morgan fingerprint density at radius 1 is 0.897 bits per heavy atom. The number of aliphatic hydroxyl groups is 1. The molecule has 0 spiro atoms. The summed E-state index contributed by atoms with van der Waals surface area (Å²) in [5.41, 5.74) is 1.19. The molecule has 4 fully saturated rings. The lowest BCUT2D eigenvalue weighted by Gasteiger charge is -2.61. The monoisotopic (exact) mass is 402 g/mol. The molecule has 0 bridgehead atoms. The van der Waals surface area contributed by atoms with Crippen LogP contribution in [0.3, 0.4) is 0 Å². The molecule has 1 heteroatoms. The molecule has 0 aromatic carbocycles. The summed E-state index contributed by atoms with van der Waals surface area (Å²) in [7, 11) is 0. The zero-order valence-corrected chi connectivity index (χ0v) is 20.3. The van der Waals surface area contributed by atoms with E-state index >= 15 is 0 Å². The molecule has 9 atom stereocenters. The van der Waals surface area contributed by atoms with Gasteiger partial charge in [-0.2, -0.15) is 0 Å². The smallest absolute Gasteiger partial charge is 0.0543 e. The summed E-state index contributed by atoms with van der Waals surface area (Å²) in [4.78, 5) is 0. The molecule has 4 saturated carbocycles. The number of hydrogen-bond donors (Lipinski definition) is 1. The summed E-state index contributed by atoms with van der Waals surface area (Å²) in [6.45, 7) is 12.5. The average molecular weight is 403 g/mol. The second kappa shape index (κ2) is 8.48. The first-order valence-electron chi connectivity index (χ1n) is 13.5. The average Bonchev–Trinajstić information content (AvgIpc) is 3.08. The fraction of sp³-hybridized carbons (Fsp3) is 1.00. The van der Waals surface area contributed by atoms with Crippen LogP contribution in [0.4, 0.5) is 0 Å². The number of rotatable bonds is 6. The quantitative estimate of drug-likeness (QED) is 0.479. The second-order valence-corrected chi connectivity index (χ2v) is 12.7. The fourth-order valence-corrected chi connectivity index (χ4v) is 9.69. The predicted molar refractivity (Wildman–Crippen MR) is 124 cm³/mol. The summed E-state index contributed by atoms with van der Waals surface area (Å²) in [5, 5.41) is 10.3. The van der Waals surface area contributed by atoms with Crippen molar-refractivity contribution in [3.05, 3.63) is 0 Å². The van der Waals surface area contributed by atoms with Crippen LogP contribution in [0.25, 0.3) is 0 Å².